The number of hydrogen-bond donors (Lipinski definition) is 1. The maximum atomic E-state index is 11.7. The molecular formula is C13H17NO3. The van der Waals surface area contributed by atoms with Gasteiger partial charge in [-0.25, -0.2) is 4.79 Å². The third-order valence-electron chi connectivity index (χ3n) is 3.00. The molecule has 0 bridgehead atoms. The lowest BCUT2D eigenvalue weighted by molar-refractivity contribution is 0.0854. The van der Waals surface area contributed by atoms with Crippen molar-refractivity contribution >= 4 is 6.09 Å². The summed E-state index contributed by atoms with van der Waals surface area (Å²) in [7, 11) is 0. The largest absolute Gasteiger partial charge is 0.447 e. The predicted octanol–water partition coefficient (Wildman–Crippen LogP) is 1.22. The number of ether oxygens (including phenoxy) is 1. The van der Waals surface area contributed by atoms with Gasteiger partial charge in [0.15, 0.2) is 0 Å². The molecule has 0 fully saturated rings. The van der Waals surface area contributed by atoms with Crippen molar-refractivity contribution in [1.29, 1.82) is 0 Å². The molecule has 0 aliphatic carbocycles. The van der Waals surface area contributed by atoms with Crippen LogP contribution in [0.25, 0.3) is 0 Å². The van der Waals surface area contributed by atoms with Gasteiger partial charge in [0.25, 0.3) is 0 Å². The van der Waals surface area contributed by atoms with Gasteiger partial charge in [-0.15, -0.1) is 0 Å². The number of aliphatic hydroxyl groups excluding tert-OH is 1. The molecular weight excluding hydrogens is 218 g/mol. The molecule has 0 atom stereocenters. The van der Waals surface area contributed by atoms with E-state index in [-0.39, 0.29) is 19.3 Å². The van der Waals surface area contributed by atoms with Crippen molar-refractivity contribution in [2.24, 2.45) is 0 Å². The molecule has 1 heterocycles. The number of carbonyl (C=O) groups is 1. The first-order valence-electron chi connectivity index (χ1n) is 5.90. The molecule has 0 saturated heterocycles. The molecule has 0 unspecified atom stereocenters. The average molecular weight is 235 g/mol. The minimum Gasteiger partial charge on any atom is -0.447 e. The molecule has 1 aliphatic heterocycles. The van der Waals surface area contributed by atoms with Crippen LogP contribution in [0.3, 0.4) is 0 Å². The molecule has 0 spiro atoms. The second-order valence-corrected chi connectivity index (χ2v) is 4.09. The summed E-state index contributed by atoms with van der Waals surface area (Å²) in [5.41, 5.74) is 2.62. The van der Waals surface area contributed by atoms with Crippen molar-refractivity contribution in [3.05, 3.63) is 35.4 Å². The smallest absolute Gasteiger partial charge is 0.409 e. The van der Waals surface area contributed by atoms with E-state index in [4.69, 9.17) is 9.84 Å². The molecule has 1 amide bonds. The zero-order chi connectivity index (χ0) is 12.1. The molecule has 92 valence electrons. The van der Waals surface area contributed by atoms with Gasteiger partial charge >= 0.3 is 6.09 Å². The van der Waals surface area contributed by atoms with E-state index < -0.39 is 0 Å². The summed E-state index contributed by atoms with van der Waals surface area (Å²) in [6.07, 6.45) is 1.40. The standard InChI is InChI=1S/C13H17NO3/c15-9-10-17-13(16)14-7-5-11-3-1-2-4-12(11)6-8-14/h1-4,15H,5-10H2. The van der Waals surface area contributed by atoms with Gasteiger partial charge in [-0.3, -0.25) is 0 Å². The molecule has 4 heteroatoms. The Balaban J connectivity index is 1.97. The van der Waals surface area contributed by atoms with E-state index in [1.54, 1.807) is 4.90 Å². The van der Waals surface area contributed by atoms with Crippen LogP contribution < -0.4 is 0 Å². The molecule has 2 rings (SSSR count). The van der Waals surface area contributed by atoms with E-state index in [1.165, 1.54) is 11.1 Å². The fraction of sp³-hybridized carbons (Fsp3) is 0.462. The topological polar surface area (TPSA) is 49.8 Å². The Morgan fingerprint density at radius 3 is 2.35 bits per heavy atom. The highest BCUT2D eigenvalue weighted by Gasteiger charge is 2.18. The Morgan fingerprint density at radius 2 is 1.82 bits per heavy atom. The van der Waals surface area contributed by atoms with E-state index in [9.17, 15) is 4.79 Å². The van der Waals surface area contributed by atoms with Crippen LogP contribution in [-0.2, 0) is 17.6 Å². The van der Waals surface area contributed by atoms with Crippen molar-refractivity contribution in [1.82, 2.24) is 4.90 Å². The summed E-state index contributed by atoms with van der Waals surface area (Å²) in [5, 5.41) is 8.62. The van der Waals surface area contributed by atoms with Gasteiger partial charge in [0.05, 0.1) is 6.61 Å². The second-order valence-electron chi connectivity index (χ2n) is 4.09. The van der Waals surface area contributed by atoms with E-state index in [0.29, 0.717) is 13.1 Å². The first-order chi connectivity index (χ1) is 8.31. The van der Waals surface area contributed by atoms with E-state index in [2.05, 4.69) is 12.1 Å². The van der Waals surface area contributed by atoms with E-state index in [0.717, 1.165) is 12.8 Å². The Kier molecular flexibility index (Phi) is 3.98. The molecule has 1 aromatic carbocycles. The summed E-state index contributed by atoms with van der Waals surface area (Å²) in [5.74, 6) is 0. The maximum absolute atomic E-state index is 11.7. The van der Waals surface area contributed by atoms with Crippen LogP contribution in [0, 0.1) is 0 Å². The third-order valence-corrected chi connectivity index (χ3v) is 3.00. The number of carbonyl (C=O) groups excluding carboxylic acids is 1. The zero-order valence-corrected chi connectivity index (χ0v) is 9.76. The van der Waals surface area contributed by atoms with Crippen molar-refractivity contribution in [3.63, 3.8) is 0 Å². The fourth-order valence-corrected chi connectivity index (χ4v) is 2.07. The van der Waals surface area contributed by atoms with Gasteiger partial charge in [0.2, 0.25) is 0 Å². The van der Waals surface area contributed by atoms with Gasteiger partial charge in [-0.2, -0.15) is 0 Å². The normalized spacial score (nSPS) is 15.0. The SMILES string of the molecule is O=C(OCCO)N1CCc2ccccc2CC1. The maximum Gasteiger partial charge on any atom is 0.409 e. The first kappa shape index (κ1) is 11.9. The predicted molar refractivity (Wildman–Crippen MR) is 63.9 cm³/mol. The fourth-order valence-electron chi connectivity index (χ4n) is 2.07. The van der Waals surface area contributed by atoms with Crippen LogP contribution in [0.4, 0.5) is 4.79 Å². The molecule has 0 radical (unpaired) electrons. The first-order valence-corrected chi connectivity index (χ1v) is 5.90. The quantitative estimate of drug-likeness (QED) is 0.838. The number of fused-ring (bicyclic) bond motifs is 1. The van der Waals surface area contributed by atoms with E-state index in [1.807, 2.05) is 12.1 Å². The lowest BCUT2D eigenvalue weighted by atomic mass is 10.0. The lowest BCUT2D eigenvalue weighted by Crippen LogP contribution is -2.34. The number of aliphatic hydroxyl groups is 1. The highest BCUT2D eigenvalue weighted by molar-refractivity contribution is 5.67. The van der Waals surface area contributed by atoms with Crippen LogP contribution >= 0.6 is 0 Å². The van der Waals surface area contributed by atoms with Crippen LogP contribution in [0.1, 0.15) is 11.1 Å². The van der Waals surface area contributed by atoms with Crippen molar-refractivity contribution in [3.8, 4) is 0 Å². The van der Waals surface area contributed by atoms with Crippen LogP contribution in [0.15, 0.2) is 24.3 Å². The monoisotopic (exact) mass is 235 g/mol. The third kappa shape index (κ3) is 2.97. The van der Waals surface area contributed by atoms with Gasteiger partial charge in [0, 0.05) is 13.1 Å². The molecule has 1 aromatic rings. The summed E-state index contributed by atoms with van der Waals surface area (Å²) in [4.78, 5) is 13.4. The summed E-state index contributed by atoms with van der Waals surface area (Å²) < 4.78 is 4.92. The number of hydrogen-bond acceptors (Lipinski definition) is 3. The Morgan fingerprint density at radius 1 is 1.24 bits per heavy atom. The minimum atomic E-state index is -0.327. The summed E-state index contributed by atoms with van der Waals surface area (Å²) in [6, 6.07) is 8.27. The van der Waals surface area contributed by atoms with Crippen LogP contribution in [0.5, 0.6) is 0 Å². The second kappa shape index (κ2) is 5.68. The highest BCUT2D eigenvalue weighted by atomic mass is 16.6. The van der Waals surface area contributed by atoms with Crippen LogP contribution in [-0.4, -0.2) is 42.4 Å². The van der Waals surface area contributed by atoms with Gasteiger partial charge in [-0.1, -0.05) is 24.3 Å². The Labute approximate surface area is 101 Å². The van der Waals surface area contributed by atoms with Crippen molar-refractivity contribution in [2.45, 2.75) is 12.8 Å². The molecule has 4 nitrogen and oxygen atoms in total. The van der Waals surface area contributed by atoms with Crippen molar-refractivity contribution in [2.75, 3.05) is 26.3 Å². The number of benzene rings is 1. The number of amides is 1. The van der Waals surface area contributed by atoms with E-state index >= 15 is 0 Å². The average Bonchev–Trinajstić information content (AvgIpc) is 2.58. The van der Waals surface area contributed by atoms with Gasteiger partial charge in [0.1, 0.15) is 6.61 Å². The Hall–Kier alpha value is -1.55. The minimum absolute atomic E-state index is 0.0717. The van der Waals surface area contributed by atoms with Crippen LogP contribution in [0.2, 0.25) is 0 Å². The molecule has 0 saturated carbocycles. The van der Waals surface area contributed by atoms with Gasteiger partial charge < -0.3 is 14.7 Å². The number of nitrogens with zero attached hydrogens (tertiary/aromatic N) is 1. The zero-order valence-electron chi connectivity index (χ0n) is 9.76. The lowest BCUT2D eigenvalue weighted by Gasteiger charge is -2.19. The molecule has 17 heavy (non-hydrogen) atoms. The highest BCUT2D eigenvalue weighted by Crippen LogP contribution is 2.15. The summed E-state index contributed by atoms with van der Waals surface area (Å²) in [6.45, 7) is 1.31. The van der Waals surface area contributed by atoms with Gasteiger partial charge in [-0.05, 0) is 24.0 Å². The molecule has 1 aliphatic rings. The molecule has 1 N–H and O–H groups in total. The number of rotatable bonds is 2. The Bertz CT molecular complexity index is 365. The summed E-state index contributed by atoms with van der Waals surface area (Å²) >= 11 is 0. The van der Waals surface area contributed by atoms with Crippen molar-refractivity contribution < 1.29 is 14.6 Å². The molecule has 0 aromatic heterocycles.